The lowest BCUT2D eigenvalue weighted by molar-refractivity contribution is -0.383. The first-order valence-corrected chi connectivity index (χ1v) is 42.2. The van der Waals surface area contributed by atoms with Gasteiger partial charge in [-0.15, -0.1) is 0 Å². The number of anilines is 5. The minimum Gasteiger partial charge on any atom is -0.444 e. The lowest BCUT2D eigenvalue weighted by atomic mass is 10.0. The number of hydrogen-bond donors (Lipinski definition) is 11. The molecule has 632 valence electrons. The van der Waals surface area contributed by atoms with Crippen LogP contribution in [0.3, 0.4) is 0 Å². The van der Waals surface area contributed by atoms with Crippen molar-refractivity contribution in [2.45, 2.75) is 207 Å². The normalized spacial score (nSPS) is 18.3. The van der Waals surface area contributed by atoms with Gasteiger partial charge in [-0.1, -0.05) is 11.6 Å². The molecule has 2 saturated carbocycles. The largest absolute Gasteiger partial charge is 0.444 e. The highest BCUT2D eigenvalue weighted by molar-refractivity contribution is 9.11. The molecule has 0 aromatic carbocycles. The number of alkyl carbamates (subject to hydrolysis) is 4. The number of hydrogen-bond acceptors (Lipinski definition) is 23. The summed E-state index contributed by atoms with van der Waals surface area (Å²) in [5.74, 6) is 0.410. The number of aromatic amines is 4. The number of nitrogens with two attached hydrogens (primary N) is 1. The first-order chi connectivity index (χ1) is 54.5. The average molecular weight is 1910 g/mol. The topological polar surface area (TPSA) is 448 Å². The Morgan fingerprint density at radius 2 is 0.828 bits per heavy atom. The van der Waals surface area contributed by atoms with E-state index in [4.69, 9.17) is 47.9 Å². The molecule has 0 radical (unpaired) electrons. The van der Waals surface area contributed by atoms with Gasteiger partial charge in [0.15, 0.2) is 0 Å². The number of aromatic nitrogens is 8. The van der Waals surface area contributed by atoms with Crippen LogP contribution in [0.4, 0.5) is 59.0 Å². The van der Waals surface area contributed by atoms with Crippen LogP contribution in [0.15, 0.2) is 67.5 Å². The van der Waals surface area contributed by atoms with Gasteiger partial charge in [-0.3, -0.25) is 29.8 Å². The Bertz CT molecular complexity index is 4830. The van der Waals surface area contributed by atoms with Crippen molar-refractivity contribution in [3.63, 3.8) is 0 Å². The third-order valence-electron chi connectivity index (χ3n) is 18.4. The molecule has 0 spiro atoms. The van der Waals surface area contributed by atoms with E-state index in [9.17, 15) is 49.0 Å². The first kappa shape index (κ1) is 91.3. The van der Waals surface area contributed by atoms with E-state index < -0.39 is 44.4 Å². The Labute approximate surface area is 714 Å². The summed E-state index contributed by atoms with van der Waals surface area (Å²) in [5.41, 5.74) is 10.5. The van der Waals surface area contributed by atoms with Gasteiger partial charge in [0.1, 0.15) is 55.8 Å². The number of nitrogens with one attached hydrogen (secondary N) is 10. The van der Waals surface area contributed by atoms with Gasteiger partial charge >= 0.3 is 24.4 Å². The highest BCUT2D eigenvalue weighted by Gasteiger charge is 2.35. The van der Waals surface area contributed by atoms with Crippen molar-refractivity contribution in [3.05, 3.63) is 92.7 Å². The molecule has 2 aliphatic carbocycles. The molecule has 116 heavy (non-hydrogen) atoms. The second kappa shape index (κ2) is 39.8. The average Bonchev–Trinajstić information content (AvgIpc) is 1.57. The quantitative estimate of drug-likeness (QED) is 0.0234. The molecule has 0 bridgehead atoms. The number of piperidine rings is 4. The summed E-state index contributed by atoms with van der Waals surface area (Å²) in [5, 5.41) is 42.8. The van der Waals surface area contributed by atoms with E-state index in [1.807, 2.05) is 88.0 Å². The van der Waals surface area contributed by atoms with Crippen LogP contribution >= 0.6 is 86.9 Å². The number of carbonyl (C=O) groups is 6. The zero-order valence-corrected chi connectivity index (χ0v) is 74.7. The van der Waals surface area contributed by atoms with Crippen LogP contribution in [0.2, 0.25) is 5.02 Å². The number of nitrogens with zero attached hydrogens (tertiary/aromatic N) is 9. The summed E-state index contributed by atoms with van der Waals surface area (Å²) in [6.07, 6.45) is 22.8. The number of pyridine rings is 4. The summed E-state index contributed by atoms with van der Waals surface area (Å²) >= 11 is 24.8. The minimum atomic E-state index is -0.565. The third kappa shape index (κ3) is 26.7. The summed E-state index contributed by atoms with van der Waals surface area (Å²) in [6.45, 7) is 28.4. The number of fused-ring (bicyclic) bond motifs is 4. The Morgan fingerprint density at radius 3 is 1.21 bits per heavy atom. The van der Waals surface area contributed by atoms with Crippen LogP contribution in [0.1, 0.15) is 160 Å². The van der Waals surface area contributed by atoms with E-state index in [-0.39, 0.29) is 70.7 Å². The standard InChI is InChI=1S/C21H28BrN5O3.C17H22BrN5O4.C17H24BrN5O2.C10H20N2O2.C7H3BrClN3O2.C4H5ClO/c1-21(2,3)30-20(29)25-13-5-4-8-27(11-13)17-14(22)9-23-18-16(17)15(10-24-18)26-19(28)12-6-7-12;1-17(2,3)27-16(24)21-10-5-4-6-22(9-10)14-11(18)7-19-15-13(14)12(8-20-15)23(25)26;1-17(2,3)25-16(24)22-10-5-4-6-23(9-10)14-11(18)7-20-15-13(14)12(19)8-21-15;1-10(2,3)14-9(13)12-8-5-4-6-11-7-8;8-3-1-10-7-5(6(3)9)4(2-11-7)12(13)14;5-4(6)3-1-2-3/h9-10,12-13H,4-8,11H2,1-3H3,(H,23,24)(H,25,29)(H,26,28);7-8,10H,4-6,9H2,1-3H3,(H,19,20)(H,21,24);7-8,10H,4-6,9,19H2,1-3H3,(H,20,21)(H,22,24);8,11H,4-7H2,1-3H3,(H,12,13);1-2H,(H,10,11);3H,1-2H2/t13-;2*10-;8-;;/m1111../s1. The van der Waals surface area contributed by atoms with Gasteiger partial charge in [-0.05, 0) is 242 Å². The maximum absolute atomic E-state index is 12.3. The van der Waals surface area contributed by atoms with Gasteiger partial charge in [0.25, 0.3) is 11.4 Å². The Hall–Kier alpha value is -8.56. The van der Waals surface area contributed by atoms with Crippen molar-refractivity contribution in [2.75, 3.05) is 78.1 Å². The predicted octanol–water partition coefficient (Wildman–Crippen LogP) is 16.6. The molecule has 0 unspecified atom stereocenters. The summed E-state index contributed by atoms with van der Waals surface area (Å²) in [7, 11) is 0. The summed E-state index contributed by atoms with van der Waals surface area (Å²) < 4.78 is 24.2. The molecule has 6 aliphatic rings. The maximum atomic E-state index is 12.3. The number of ether oxygens (including phenoxy) is 4. The Balaban J connectivity index is 0.000000167. The summed E-state index contributed by atoms with van der Waals surface area (Å²) in [6, 6.07) is 0.117. The second-order valence-corrected chi connectivity index (χ2v) is 37.0. The molecule has 4 aliphatic heterocycles. The van der Waals surface area contributed by atoms with E-state index in [1.54, 1.807) is 31.0 Å². The molecule has 4 saturated heterocycles. The number of H-pyrrole nitrogens is 4. The number of nitro groups is 2. The van der Waals surface area contributed by atoms with Crippen molar-refractivity contribution in [2.24, 2.45) is 11.8 Å². The minimum absolute atomic E-state index is 0.0176. The van der Waals surface area contributed by atoms with Gasteiger partial charge < -0.3 is 91.2 Å². The number of halogens is 6. The van der Waals surface area contributed by atoms with E-state index in [0.29, 0.717) is 67.0 Å². The van der Waals surface area contributed by atoms with E-state index in [2.05, 4.69) is 145 Å². The van der Waals surface area contributed by atoms with Crippen LogP contribution in [-0.4, -0.2) is 184 Å². The third-order valence-corrected chi connectivity index (χ3v) is 21.6. The maximum Gasteiger partial charge on any atom is 0.407 e. The molecule has 12 N–H and O–H groups in total. The molecule has 8 aromatic heterocycles. The van der Waals surface area contributed by atoms with Gasteiger partial charge in [0, 0.05) is 119 Å². The fourth-order valence-corrected chi connectivity index (χ4v) is 15.6. The molecule has 34 nitrogen and oxygen atoms in total. The molecule has 6 fully saturated rings. The van der Waals surface area contributed by atoms with Crippen LogP contribution in [0.5, 0.6) is 0 Å². The van der Waals surface area contributed by atoms with Crippen LogP contribution in [0.25, 0.3) is 44.1 Å². The SMILES string of the molecule is CC(C)(C)OC(=O)N[C@@H]1CCCN(c2c(Br)cnc3[nH]cc(N)c23)C1.CC(C)(C)OC(=O)N[C@@H]1CCCN(c2c(Br)cnc3[nH]cc(NC(=O)C4CC4)c23)C1.CC(C)(C)OC(=O)N[C@@H]1CCCN(c2c(Br)cnc3[nH]cc([N+](=O)[O-])c23)C1.CC(C)(C)OC(=O)N[C@@H]1CCCNC1.O=C(Cl)C1CC1.O=[N+]([O-])c1c[nH]c2ncc(Br)c(Cl)c12. The van der Waals surface area contributed by atoms with Crippen molar-refractivity contribution in [1.29, 1.82) is 0 Å². The lowest BCUT2D eigenvalue weighted by Gasteiger charge is -2.36. The van der Waals surface area contributed by atoms with Crippen molar-refractivity contribution in [1.82, 2.24) is 66.5 Å². The second-order valence-electron chi connectivity index (χ2n) is 32.8. The highest BCUT2D eigenvalue weighted by Crippen LogP contribution is 2.44. The van der Waals surface area contributed by atoms with E-state index >= 15 is 0 Å². The fourth-order valence-electron chi connectivity index (χ4n) is 13.2. The fraction of sp³-hybridized carbons (Fsp3) is 0.553. The highest BCUT2D eigenvalue weighted by atomic mass is 79.9. The predicted molar refractivity (Wildman–Crippen MR) is 462 cm³/mol. The smallest absolute Gasteiger partial charge is 0.407 e. The Morgan fingerprint density at radius 1 is 0.483 bits per heavy atom. The Kier molecular flexibility index (Phi) is 31.3. The van der Waals surface area contributed by atoms with Crippen LogP contribution in [-0.2, 0) is 28.5 Å². The van der Waals surface area contributed by atoms with Crippen LogP contribution in [0, 0.1) is 32.1 Å². The van der Waals surface area contributed by atoms with Gasteiger partial charge in [0.05, 0.1) is 84.4 Å². The van der Waals surface area contributed by atoms with Crippen LogP contribution < -0.4 is 52.3 Å². The molecular formula is C76H102Br4Cl2N20O14. The van der Waals surface area contributed by atoms with E-state index in [1.165, 1.54) is 18.6 Å². The molecule has 14 rings (SSSR count). The van der Waals surface area contributed by atoms with Gasteiger partial charge in [-0.2, -0.15) is 0 Å². The monoisotopic (exact) mass is 1900 g/mol. The number of rotatable bonds is 12. The summed E-state index contributed by atoms with van der Waals surface area (Å²) in [4.78, 5) is 126. The molecule has 12 heterocycles. The molecular weight excluding hydrogens is 1810 g/mol. The zero-order valence-electron chi connectivity index (χ0n) is 66.8. The molecule has 5 amide bonds. The van der Waals surface area contributed by atoms with Gasteiger partial charge in [-0.25, -0.2) is 39.1 Å². The number of nitrogen functional groups attached to an aromatic ring is 1. The molecule has 40 heteroatoms. The van der Waals surface area contributed by atoms with Crippen molar-refractivity contribution >= 4 is 206 Å². The van der Waals surface area contributed by atoms with Crippen molar-refractivity contribution in [3.8, 4) is 0 Å². The zero-order chi connectivity index (χ0) is 84.9. The number of carbonyl (C=O) groups excluding carboxylic acids is 6. The first-order valence-electron chi connectivity index (χ1n) is 38.3. The van der Waals surface area contributed by atoms with Crippen molar-refractivity contribution < 1.29 is 57.6 Å². The molecule has 8 aromatic rings. The number of amides is 5. The lowest BCUT2D eigenvalue weighted by Crippen LogP contribution is -2.49. The van der Waals surface area contributed by atoms with E-state index in [0.717, 1.165) is 158 Å². The van der Waals surface area contributed by atoms with Gasteiger partial charge in [0.2, 0.25) is 11.1 Å². The molecule has 4 atom stereocenters.